The Morgan fingerprint density at radius 3 is 0.787 bits per heavy atom. The minimum absolute atomic E-state index is 0. The van der Waals surface area contributed by atoms with Crippen LogP contribution in [0.5, 0.6) is 23.0 Å². The Labute approximate surface area is 530 Å². The zero-order valence-electron chi connectivity index (χ0n) is 47.8. The van der Waals surface area contributed by atoms with E-state index in [-0.39, 0.29) is 55.7 Å². The fraction of sp³-hybridized carbons (Fsp3) is 0.194. The largest absolute Gasteiger partial charge is 0.741 e. The van der Waals surface area contributed by atoms with Crippen LogP contribution in [-0.4, -0.2) is 59.9 Å². The first-order valence-corrected chi connectivity index (χ1v) is 32.4. The van der Waals surface area contributed by atoms with Gasteiger partial charge in [-0.15, -0.1) is 0 Å². The van der Waals surface area contributed by atoms with Gasteiger partial charge in [0.05, 0.1) is 24.2 Å². The molecule has 8 aromatic carbocycles. The number of alkyl halides is 3. The molecule has 5 aliphatic rings. The average molecular weight is 1360 g/mol. The number of amides is 4. The third-order valence-corrected chi connectivity index (χ3v) is 17.2. The maximum absolute atomic E-state index is 14.2. The van der Waals surface area contributed by atoms with Crippen molar-refractivity contribution in [1.29, 1.82) is 0 Å². The number of rotatable bonds is 8. The molecule has 89 heavy (non-hydrogen) atoms. The van der Waals surface area contributed by atoms with E-state index < -0.39 is 32.8 Å². The minimum atomic E-state index is -6.09. The Balaban J connectivity index is 0.000000168. The van der Waals surface area contributed by atoms with Crippen LogP contribution in [-0.2, 0) is 55.8 Å². The van der Waals surface area contributed by atoms with Gasteiger partial charge in [0.25, 0.3) is 0 Å². The summed E-state index contributed by atoms with van der Waals surface area (Å²) in [6.07, 6.45) is 14.0. The van der Waals surface area contributed by atoms with Gasteiger partial charge in [-0.25, -0.2) is 18.0 Å². The van der Waals surface area contributed by atoms with E-state index in [9.17, 15) is 32.5 Å². The average Bonchev–Trinajstić information content (AvgIpc) is 1.69. The van der Waals surface area contributed by atoms with E-state index in [4.69, 9.17) is 31.1 Å². The van der Waals surface area contributed by atoms with Crippen molar-refractivity contribution in [3.05, 3.63) is 287 Å². The number of hydrogen-bond donors (Lipinski definition) is 2. The predicted octanol–water partition coefficient (Wildman–Crippen LogP) is 15.4. The first kappa shape index (κ1) is 65.5. The van der Waals surface area contributed by atoms with Crippen LogP contribution in [0.4, 0.5) is 22.8 Å². The van der Waals surface area contributed by atoms with Crippen molar-refractivity contribution in [2.75, 3.05) is 0 Å². The molecule has 4 aliphatic heterocycles. The number of urea groups is 2. The smallest absolute Gasteiger partial charge is 0.485 e. The normalized spacial score (nSPS) is 19.3. The van der Waals surface area contributed by atoms with Gasteiger partial charge in [-0.3, -0.25) is 18.1 Å². The number of nitrogens with zero attached hydrogens (tertiary/aromatic N) is 4. The van der Waals surface area contributed by atoms with E-state index in [1.165, 1.54) is 25.7 Å². The third kappa shape index (κ3) is 16.3. The summed E-state index contributed by atoms with van der Waals surface area (Å²) < 4.78 is 82.7. The zero-order valence-corrected chi connectivity index (χ0v) is 52.2. The van der Waals surface area contributed by atoms with Gasteiger partial charge in [0.15, 0.2) is 33.1 Å². The molecule has 4 atom stereocenters. The molecular formula is C67H64F3N4O11P2RhS+. The number of fused-ring (bicyclic) bond motifs is 10. The molecule has 0 spiro atoms. The molecule has 0 bridgehead atoms. The van der Waals surface area contributed by atoms with Gasteiger partial charge in [0.1, 0.15) is 0 Å². The van der Waals surface area contributed by atoms with Crippen molar-refractivity contribution in [1.82, 2.24) is 19.6 Å². The summed E-state index contributed by atoms with van der Waals surface area (Å²) in [6.45, 7) is 1.78. The number of halogens is 3. The van der Waals surface area contributed by atoms with Crippen LogP contribution in [0.2, 0.25) is 0 Å². The van der Waals surface area contributed by atoms with Gasteiger partial charge in [-0.2, -0.15) is 23.0 Å². The van der Waals surface area contributed by atoms with E-state index in [0.29, 0.717) is 49.2 Å². The first-order valence-electron chi connectivity index (χ1n) is 28.4. The quantitative estimate of drug-likeness (QED) is 0.0486. The number of carbonyl (C=O) groups excluding carboxylic acids is 2. The van der Waals surface area contributed by atoms with Crippen LogP contribution in [0.3, 0.4) is 0 Å². The Bertz CT molecular complexity index is 3370. The van der Waals surface area contributed by atoms with Crippen molar-refractivity contribution >= 4 is 39.4 Å². The van der Waals surface area contributed by atoms with Gasteiger partial charge >= 0.3 is 34.8 Å². The Hall–Kier alpha value is -7.92. The first-order chi connectivity index (χ1) is 42.6. The Morgan fingerprint density at radius 2 is 0.584 bits per heavy atom. The van der Waals surface area contributed by atoms with Crippen LogP contribution >= 0.6 is 17.2 Å². The van der Waals surface area contributed by atoms with Crippen LogP contribution in [0.15, 0.2) is 243 Å². The van der Waals surface area contributed by atoms with E-state index in [2.05, 4.69) is 24.3 Å². The standard InChI is InChI=1S/2C29H26N2O4P.C8H12.CHF3O3S.Rh/c2*32-29-30(19-21-11-3-1-4-12-21)27-23-15-7-9-17-25(23)34-36(33)35-26-18-10-8-16-24(26)28(27)31(29)20-22-13-5-2-6-14-22;1-2-4-6-8-7-5-3-1;2-1(3,4)8(5,6)7;/h2*1-18,27-28,33,36H,19-20H2;1-2,7-8H,3-6H2;(H,5,6,7);/q2*+1;;;/p-1/b;;2-1-,8-7-;;/t2*27-,28-;;;/m11.../s1. The van der Waals surface area contributed by atoms with Gasteiger partial charge in [0.2, 0.25) is 0 Å². The molecule has 0 saturated carbocycles. The SMILES string of the molecule is C1=C\CC/C=C\CC/1.O=C1N(Cc2ccccc2)[C@@H]2c3ccccc3O[PH+](O)Oc3ccccc3[C@H]2N1Cc1ccccc1.O=C1N(Cc2ccccc2)[C@@H]2c3ccccc3O[PH+](O)Oc3ccccc3[C@H]2N1Cc1ccccc1.O=S(=O)([O-])C(F)(F)F.[Rh]. The molecule has 2 fully saturated rings. The summed E-state index contributed by atoms with van der Waals surface area (Å²) in [5, 5.41) is 0. The van der Waals surface area contributed by atoms with E-state index in [0.717, 1.165) is 44.5 Å². The van der Waals surface area contributed by atoms with Crippen LogP contribution in [0.1, 0.15) is 94.4 Å². The molecule has 0 aromatic heterocycles. The number of hydrogen-bond acceptors (Lipinski definition) is 11. The zero-order chi connectivity index (χ0) is 61.6. The molecule has 1 radical (unpaired) electrons. The van der Waals surface area contributed by atoms with E-state index in [1.807, 2.05) is 238 Å². The second-order valence-electron chi connectivity index (χ2n) is 20.9. The molecule has 2 saturated heterocycles. The molecule has 8 aromatic rings. The second-order valence-corrected chi connectivity index (χ2v) is 24.1. The minimum Gasteiger partial charge on any atom is -0.741 e. The molecule has 22 heteroatoms. The molecule has 15 nitrogen and oxygen atoms in total. The summed E-state index contributed by atoms with van der Waals surface area (Å²) >= 11 is 0. The number of para-hydroxylation sites is 4. The van der Waals surface area contributed by atoms with E-state index >= 15 is 0 Å². The van der Waals surface area contributed by atoms with Crippen molar-refractivity contribution < 1.29 is 83.1 Å². The topological polar surface area (TPSA) is 182 Å². The van der Waals surface area contributed by atoms with Crippen LogP contribution < -0.4 is 18.1 Å². The van der Waals surface area contributed by atoms with Gasteiger partial charge in [-0.05, 0) is 72.2 Å². The van der Waals surface area contributed by atoms with Crippen molar-refractivity contribution in [3.63, 3.8) is 0 Å². The molecule has 13 rings (SSSR count). The fourth-order valence-electron chi connectivity index (χ4n) is 11.2. The van der Waals surface area contributed by atoms with Crippen molar-refractivity contribution in [2.24, 2.45) is 0 Å². The van der Waals surface area contributed by atoms with Crippen LogP contribution in [0, 0.1) is 0 Å². The summed E-state index contributed by atoms with van der Waals surface area (Å²) in [6, 6.07) is 69.0. The van der Waals surface area contributed by atoms with Crippen LogP contribution in [0.25, 0.3) is 0 Å². The molecule has 463 valence electrons. The predicted molar refractivity (Wildman–Crippen MR) is 332 cm³/mol. The molecule has 1 aliphatic carbocycles. The van der Waals surface area contributed by atoms with Gasteiger partial charge in [0, 0.05) is 67.9 Å². The van der Waals surface area contributed by atoms with Gasteiger partial charge in [-0.1, -0.05) is 218 Å². The molecular weight excluding hydrogens is 1290 g/mol. The number of carbonyl (C=O) groups is 2. The number of benzene rings is 8. The monoisotopic (exact) mass is 1350 g/mol. The van der Waals surface area contributed by atoms with Crippen molar-refractivity contribution in [3.8, 4) is 23.0 Å². The fourth-order valence-corrected chi connectivity index (χ4v) is 12.7. The van der Waals surface area contributed by atoms with Gasteiger partial charge < -0.3 is 24.2 Å². The second kappa shape index (κ2) is 30.5. The number of allylic oxidation sites excluding steroid dienone is 4. The van der Waals surface area contributed by atoms with Crippen molar-refractivity contribution in [2.45, 2.75) is 81.5 Å². The summed E-state index contributed by atoms with van der Waals surface area (Å²) in [5.74, 6) is 2.13. The summed E-state index contributed by atoms with van der Waals surface area (Å²) in [7, 11) is -11.3. The summed E-state index contributed by atoms with van der Waals surface area (Å²) in [4.78, 5) is 57.5. The summed E-state index contributed by atoms with van der Waals surface area (Å²) in [5.41, 5.74) is 1.91. The molecule has 4 amide bonds. The molecule has 2 N–H and O–H groups in total. The van der Waals surface area contributed by atoms with E-state index in [1.54, 1.807) is 0 Å². The molecule has 0 unspecified atom stereocenters. The Kier molecular flexibility index (Phi) is 22.5. The maximum Gasteiger partial charge on any atom is 0.485 e. The molecule has 4 heterocycles. The third-order valence-electron chi connectivity index (χ3n) is 15.1. The Morgan fingerprint density at radius 1 is 0.393 bits per heavy atom. The maximum atomic E-state index is 14.2.